The number of urea groups is 1. The largest absolute Gasteiger partial charge is 0.349 e. The van der Waals surface area contributed by atoms with Crippen LogP contribution >= 0.6 is 11.6 Å². The highest BCUT2D eigenvalue weighted by Gasteiger charge is 2.29. The third-order valence-electron chi connectivity index (χ3n) is 4.64. The molecule has 1 aliphatic heterocycles. The lowest BCUT2D eigenvalue weighted by Gasteiger charge is -2.21. The Labute approximate surface area is 140 Å². The number of nitrogens with one attached hydrogen (secondary N) is 2. The maximum absolute atomic E-state index is 12.6. The van der Waals surface area contributed by atoms with E-state index in [9.17, 15) is 9.59 Å². The van der Waals surface area contributed by atoms with Crippen molar-refractivity contribution in [2.45, 2.75) is 25.3 Å². The first-order chi connectivity index (χ1) is 11.1. The molecule has 1 aliphatic carbocycles. The fraction of sp³-hybridized carbons (Fsp3) is 0.500. The van der Waals surface area contributed by atoms with Crippen molar-refractivity contribution in [3.8, 4) is 0 Å². The summed E-state index contributed by atoms with van der Waals surface area (Å²) < 4.78 is 0. The molecule has 0 aromatic heterocycles. The fourth-order valence-corrected chi connectivity index (χ4v) is 3.53. The quantitative estimate of drug-likeness (QED) is 0.782. The van der Waals surface area contributed by atoms with Crippen LogP contribution in [0.1, 0.15) is 29.6 Å². The zero-order valence-electron chi connectivity index (χ0n) is 12.8. The van der Waals surface area contributed by atoms with Gasteiger partial charge in [0.25, 0.3) is 5.91 Å². The maximum atomic E-state index is 12.6. The van der Waals surface area contributed by atoms with Gasteiger partial charge in [-0.25, -0.2) is 4.79 Å². The molecule has 3 amide bonds. The van der Waals surface area contributed by atoms with E-state index in [1.807, 2.05) is 0 Å². The number of hydrogen-bond donors (Lipinski definition) is 3. The number of carbonyl (C=O) groups excluding carboxylic acids is 2. The van der Waals surface area contributed by atoms with E-state index in [1.165, 1.54) is 0 Å². The van der Waals surface area contributed by atoms with Crippen molar-refractivity contribution >= 4 is 29.2 Å². The first kappa shape index (κ1) is 16.1. The number of halogens is 1. The monoisotopic (exact) mass is 336 g/mol. The smallest absolute Gasteiger partial charge is 0.321 e. The Morgan fingerprint density at radius 2 is 2.26 bits per heavy atom. The summed E-state index contributed by atoms with van der Waals surface area (Å²) in [7, 11) is 0. The molecular formula is C16H21ClN4O2. The molecule has 1 saturated heterocycles. The molecule has 1 aromatic rings. The van der Waals surface area contributed by atoms with Crippen LogP contribution in [0, 0.1) is 5.92 Å². The van der Waals surface area contributed by atoms with Crippen molar-refractivity contribution in [3.05, 3.63) is 28.8 Å². The minimum Gasteiger partial charge on any atom is -0.349 e. The van der Waals surface area contributed by atoms with Crippen molar-refractivity contribution in [2.24, 2.45) is 11.7 Å². The lowest BCUT2D eigenvalue weighted by molar-refractivity contribution is 0.0929. The van der Waals surface area contributed by atoms with Crippen LogP contribution in [0.4, 0.5) is 10.5 Å². The van der Waals surface area contributed by atoms with Crippen LogP contribution in [0.2, 0.25) is 5.02 Å². The number of rotatable bonds is 4. The maximum Gasteiger partial charge on any atom is 0.321 e. The van der Waals surface area contributed by atoms with E-state index in [0.29, 0.717) is 41.8 Å². The number of nitrogens with two attached hydrogens (primary N) is 1. The van der Waals surface area contributed by atoms with Gasteiger partial charge in [-0.1, -0.05) is 18.0 Å². The summed E-state index contributed by atoms with van der Waals surface area (Å²) in [6, 6.07) is 5.03. The Kier molecular flexibility index (Phi) is 4.73. The molecule has 2 aliphatic rings. The topological polar surface area (TPSA) is 87.5 Å². The highest BCUT2D eigenvalue weighted by Crippen LogP contribution is 2.27. The first-order valence-electron chi connectivity index (χ1n) is 7.96. The third-order valence-corrected chi connectivity index (χ3v) is 4.97. The Morgan fingerprint density at radius 3 is 2.96 bits per heavy atom. The summed E-state index contributed by atoms with van der Waals surface area (Å²) in [5, 5.41) is 6.17. The van der Waals surface area contributed by atoms with Gasteiger partial charge in [0.05, 0.1) is 10.6 Å². The van der Waals surface area contributed by atoms with Gasteiger partial charge in [0.1, 0.15) is 0 Å². The van der Waals surface area contributed by atoms with E-state index in [-0.39, 0.29) is 18.0 Å². The molecule has 3 rings (SSSR count). The van der Waals surface area contributed by atoms with Crippen molar-refractivity contribution in [2.75, 3.05) is 24.5 Å². The average molecular weight is 337 g/mol. The van der Waals surface area contributed by atoms with Crippen LogP contribution < -0.4 is 21.3 Å². The van der Waals surface area contributed by atoms with Gasteiger partial charge in [-0.2, -0.15) is 0 Å². The summed E-state index contributed by atoms with van der Waals surface area (Å²) in [4.78, 5) is 25.9. The van der Waals surface area contributed by atoms with Gasteiger partial charge in [0, 0.05) is 24.8 Å². The van der Waals surface area contributed by atoms with Crippen LogP contribution in [-0.4, -0.2) is 37.6 Å². The Morgan fingerprint density at radius 1 is 1.43 bits per heavy atom. The molecule has 1 heterocycles. The molecule has 1 saturated carbocycles. The average Bonchev–Trinajstić information content (AvgIpc) is 3.16. The number of anilines is 1. The lowest BCUT2D eigenvalue weighted by Crippen LogP contribution is -2.40. The summed E-state index contributed by atoms with van der Waals surface area (Å²) in [5.41, 5.74) is 6.83. The van der Waals surface area contributed by atoms with E-state index in [1.54, 1.807) is 23.1 Å². The van der Waals surface area contributed by atoms with Crippen molar-refractivity contribution in [3.63, 3.8) is 0 Å². The Bertz CT molecular complexity index is 622. The molecule has 23 heavy (non-hydrogen) atoms. The van der Waals surface area contributed by atoms with Gasteiger partial charge in [0.2, 0.25) is 0 Å². The zero-order valence-corrected chi connectivity index (χ0v) is 13.6. The van der Waals surface area contributed by atoms with E-state index < -0.39 is 0 Å². The van der Waals surface area contributed by atoms with Crippen molar-refractivity contribution < 1.29 is 9.59 Å². The molecule has 2 unspecified atom stereocenters. The van der Waals surface area contributed by atoms with Gasteiger partial charge in [0.15, 0.2) is 0 Å². The van der Waals surface area contributed by atoms with Crippen molar-refractivity contribution in [1.29, 1.82) is 0 Å². The zero-order chi connectivity index (χ0) is 16.4. The molecule has 2 fully saturated rings. The predicted octanol–water partition coefficient (Wildman–Crippen LogP) is 1.73. The van der Waals surface area contributed by atoms with Crippen LogP contribution in [-0.2, 0) is 0 Å². The van der Waals surface area contributed by atoms with E-state index in [0.717, 1.165) is 19.3 Å². The second-order valence-corrected chi connectivity index (χ2v) is 6.46. The highest BCUT2D eigenvalue weighted by molar-refractivity contribution is 6.34. The molecular weight excluding hydrogens is 316 g/mol. The molecule has 2 atom stereocenters. The molecule has 0 radical (unpaired) electrons. The molecule has 7 heteroatoms. The summed E-state index contributed by atoms with van der Waals surface area (Å²) >= 11 is 6.19. The number of hydrogen-bond acceptors (Lipinski definition) is 3. The van der Waals surface area contributed by atoms with E-state index >= 15 is 0 Å². The van der Waals surface area contributed by atoms with Crippen LogP contribution in [0.15, 0.2) is 18.2 Å². The number of amides is 3. The molecule has 1 aromatic carbocycles. The van der Waals surface area contributed by atoms with Gasteiger partial charge < -0.3 is 16.4 Å². The van der Waals surface area contributed by atoms with Crippen molar-refractivity contribution in [1.82, 2.24) is 10.6 Å². The molecule has 0 spiro atoms. The summed E-state index contributed by atoms with van der Waals surface area (Å²) in [6.07, 6.45) is 3.07. The summed E-state index contributed by atoms with van der Waals surface area (Å²) in [6.45, 7) is 1.76. The number of carbonyl (C=O) groups is 2. The number of nitrogens with zero attached hydrogens (tertiary/aromatic N) is 1. The Balaban J connectivity index is 1.78. The molecule has 6 nitrogen and oxygen atoms in total. The van der Waals surface area contributed by atoms with Gasteiger partial charge >= 0.3 is 6.03 Å². The van der Waals surface area contributed by atoms with E-state index in [2.05, 4.69) is 10.6 Å². The highest BCUT2D eigenvalue weighted by atomic mass is 35.5. The lowest BCUT2D eigenvalue weighted by atomic mass is 10.0. The Hall–Kier alpha value is -1.79. The third kappa shape index (κ3) is 3.28. The minimum absolute atomic E-state index is 0.0994. The summed E-state index contributed by atoms with van der Waals surface area (Å²) in [5.74, 6) is 0.118. The van der Waals surface area contributed by atoms with Crippen LogP contribution in [0.25, 0.3) is 0 Å². The van der Waals surface area contributed by atoms with Gasteiger partial charge in [-0.3, -0.25) is 9.69 Å². The van der Waals surface area contributed by atoms with Crippen LogP contribution in [0.5, 0.6) is 0 Å². The van der Waals surface area contributed by atoms with Crippen LogP contribution in [0.3, 0.4) is 0 Å². The second-order valence-electron chi connectivity index (χ2n) is 6.05. The molecule has 4 N–H and O–H groups in total. The molecule has 0 bridgehead atoms. The predicted molar refractivity (Wildman–Crippen MR) is 89.8 cm³/mol. The fourth-order valence-electron chi connectivity index (χ4n) is 3.33. The molecule has 124 valence electrons. The second kappa shape index (κ2) is 6.76. The first-order valence-corrected chi connectivity index (χ1v) is 8.34. The van der Waals surface area contributed by atoms with Gasteiger partial charge in [-0.15, -0.1) is 0 Å². The number of benzene rings is 1. The van der Waals surface area contributed by atoms with E-state index in [4.69, 9.17) is 17.3 Å². The SMILES string of the molecule is NCC1CCCC1NC(=O)c1cc(N2CCNC2=O)ccc1Cl. The standard InChI is InChI=1S/C16H21ClN4O2/c17-13-5-4-11(21-7-6-19-16(21)23)8-12(13)15(22)20-14-3-1-2-10(14)9-18/h4-5,8,10,14H,1-3,6-7,9,18H2,(H,19,23)(H,20,22). The minimum atomic E-state index is -0.207. The van der Waals surface area contributed by atoms with Gasteiger partial charge in [-0.05, 0) is 43.5 Å². The normalized spacial score (nSPS) is 23.9.